The first-order valence-electron chi connectivity index (χ1n) is 9.45. The molecule has 0 aromatic heterocycles. The van der Waals surface area contributed by atoms with E-state index in [9.17, 15) is 5.11 Å². The zero-order valence-corrected chi connectivity index (χ0v) is 21.7. The summed E-state index contributed by atoms with van der Waals surface area (Å²) in [6.07, 6.45) is 0. The fourth-order valence-corrected chi connectivity index (χ4v) is 4.06. The van der Waals surface area contributed by atoms with Gasteiger partial charge < -0.3 is 10.4 Å². The van der Waals surface area contributed by atoms with Crippen LogP contribution in [0.2, 0.25) is 0 Å². The molecule has 0 bridgehead atoms. The first-order valence-corrected chi connectivity index (χ1v) is 12.6. The van der Waals surface area contributed by atoms with Gasteiger partial charge >= 0.3 is 28.7 Å². The third kappa shape index (κ3) is 7.81. The molecule has 0 aliphatic heterocycles. The summed E-state index contributed by atoms with van der Waals surface area (Å²) in [6, 6.07) is 10.9. The van der Waals surface area contributed by atoms with Crippen molar-refractivity contribution in [2.24, 2.45) is 0 Å². The van der Waals surface area contributed by atoms with E-state index in [1.807, 2.05) is 6.92 Å². The molecule has 0 heterocycles. The van der Waals surface area contributed by atoms with E-state index in [4.69, 9.17) is 5.32 Å². The number of halogens is 1. The Balaban J connectivity index is 0.00000190. The van der Waals surface area contributed by atoms with Crippen LogP contribution in [-0.4, -0.2) is 10.6 Å². The van der Waals surface area contributed by atoms with Gasteiger partial charge in [0.25, 0.3) is 0 Å². The second-order valence-electron chi connectivity index (χ2n) is 9.21. The maximum atomic E-state index is 10.6. The monoisotopic (exact) mass is 453 g/mol. The first-order chi connectivity index (χ1) is 12.9. The Morgan fingerprint density at radius 1 is 0.964 bits per heavy atom. The van der Waals surface area contributed by atoms with Crippen LogP contribution in [0.15, 0.2) is 30.3 Å². The van der Waals surface area contributed by atoms with Gasteiger partial charge in [-0.05, 0) is 41.8 Å². The fourth-order valence-electron chi connectivity index (χ4n) is 2.75. The maximum absolute atomic E-state index is 10.6. The van der Waals surface area contributed by atoms with Gasteiger partial charge in [0.15, 0.2) is 0 Å². The number of rotatable bonds is 4. The van der Waals surface area contributed by atoms with Crippen molar-refractivity contribution in [3.63, 3.8) is 0 Å². The summed E-state index contributed by atoms with van der Waals surface area (Å²) >= 11 is 1.47. The number of benzene rings is 2. The van der Waals surface area contributed by atoms with Crippen LogP contribution < -0.4 is 10.6 Å². The number of hydrogen-bond donors (Lipinski definition) is 1. The van der Waals surface area contributed by atoms with E-state index >= 15 is 0 Å². The topological polar surface area (TPSA) is 34.3 Å². The Morgan fingerprint density at radius 2 is 1.57 bits per heavy atom. The van der Waals surface area contributed by atoms with Crippen molar-refractivity contribution in [3.8, 4) is 5.75 Å². The van der Waals surface area contributed by atoms with E-state index in [0.717, 1.165) is 10.9 Å². The molecule has 0 spiro atoms. The van der Waals surface area contributed by atoms with Crippen molar-refractivity contribution in [1.29, 1.82) is 0 Å². The molecule has 152 valence electrons. The summed E-state index contributed by atoms with van der Waals surface area (Å²) in [5.74, 6) is 0.426. The second-order valence-corrected chi connectivity index (χ2v) is 10.5. The third-order valence-corrected chi connectivity index (χ3v) is 5.83. The number of nitrogens with zero attached hydrogens (tertiary/aromatic N) is 1. The van der Waals surface area contributed by atoms with Crippen LogP contribution in [0.25, 0.3) is 5.32 Å². The summed E-state index contributed by atoms with van der Waals surface area (Å²) in [6.45, 7) is 17.9. The van der Waals surface area contributed by atoms with Crippen LogP contribution in [0.3, 0.4) is 0 Å². The van der Waals surface area contributed by atoms with E-state index in [-0.39, 0.29) is 11.0 Å². The summed E-state index contributed by atoms with van der Waals surface area (Å²) in [4.78, 5) is 0. The number of phenols is 1. The predicted molar refractivity (Wildman–Crippen MR) is 123 cm³/mol. The van der Waals surface area contributed by atoms with Gasteiger partial charge in [0.1, 0.15) is 5.75 Å². The van der Waals surface area contributed by atoms with Gasteiger partial charge in [0.05, 0.1) is 0 Å². The fraction of sp³-hybridized carbons (Fsp3) is 0.478. The molecule has 1 unspecified atom stereocenters. The third-order valence-electron chi connectivity index (χ3n) is 4.42. The molecular formula is C23H33ClNOPTi. The Bertz CT molecular complexity index is 794. The van der Waals surface area contributed by atoms with E-state index in [2.05, 4.69) is 88.1 Å². The molecule has 0 saturated carbocycles. The van der Waals surface area contributed by atoms with Crippen LogP contribution in [0.4, 0.5) is 0 Å². The van der Waals surface area contributed by atoms with Crippen molar-refractivity contribution in [1.82, 2.24) is 0 Å². The number of aryl methyl sites for hydroxylation is 2. The molecule has 0 aliphatic carbocycles. The first kappa shape index (κ1) is 25.7. The molecule has 0 aliphatic rings. The standard InChI is InChI=1S/C23H33NOP.ClH.Ti/c1-15-9-10-19(17(11-15)14-24-23(6,7)8)26-20-13-18(22(3,4)5)12-16(2)21(20)25;;/h9-13,25-26H,14H2,1-8H3;1H;/q-1;;+2/p-1. The van der Waals surface area contributed by atoms with Crippen LogP contribution >= 0.6 is 17.9 Å². The SMILES string of the molecule is Cc1ccc(Pc2cc(C(C)(C)C)cc(C)c2O)c(C[N-]C(C)(C)C)c1.[Cl][Ti+]. The van der Waals surface area contributed by atoms with Crippen molar-refractivity contribution in [3.05, 3.63) is 57.9 Å². The molecule has 1 atom stereocenters. The van der Waals surface area contributed by atoms with E-state index < -0.39 is 0 Å². The molecule has 1 N–H and O–H groups in total. The van der Waals surface area contributed by atoms with Gasteiger partial charge in [-0.1, -0.05) is 85.5 Å². The van der Waals surface area contributed by atoms with Gasteiger partial charge in [-0.25, -0.2) is 0 Å². The molecule has 2 nitrogen and oxygen atoms in total. The van der Waals surface area contributed by atoms with Gasteiger partial charge in [0, 0.05) is 5.30 Å². The van der Waals surface area contributed by atoms with Crippen LogP contribution in [0.1, 0.15) is 63.8 Å². The molecule has 5 heteroatoms. The van der Waals surface area contributed by atoms with Crippen LogP contribution in [-0.2, 0) is 31.3 Å². The normalized spacial score (nSPS) is 12.1. The molecule has 28 heavy (non-hydrogen) atoms. The number of hydrogen-bond acceptors (Lipinski definition) is 1. The summed E-state index contributed by atoms with van der Waals surface area (Å²) < 4.78 is 0. The Kier molecular flexibility index (Phi) is 9.72. The zero-order valence-electron chi connectivity index (χ0n) is 18.4. The van der Waals surface area contributed by atoms with Crippen molar-refractivity contribution in [2.75, 3.05) is 0 Å². The van der Waals surface area contributed by atoms with Crippen molar-refractivity contribution >= 4 is 28.5 Å². The molecule has 0 fully saturated rings. The predicted octanol–water partition coefficient (Wildman–Crippen LogP) is 6.30. The molecule has 0 radical (unpaired) electrons. The Morgan fingerprint density at radius 3 is 2.11 bits per heavy atom. The van der Waals surface area contributed by atoms with Gasteiger partial charge in [-0.15, -0.1) is 12.1 Å². The minimum absolute atomic E-state index is 0.0466. The molecule has 2 rings (SSSR count). The Hall–Kier alpha value is -0.366. The van der Waals surface area contributed by atoms with Crippen molar-refractivity contribution in [2.45, 2.75) is 72.9 Å². The molecule has 0 amide bonds. The van der Waals surface area contributed by atoms with E-state index in [1.165, 1.54) is 41.4 Å². The van der Waals surface area contributed by atoms with Crippen LogP contribution in [0, 0.1) is 13.8 Å². The average molecular weight is 454 g/mol. The van der Waals surface area contributed by atoms with E-state index in [0.29, 0.717) is 20.9 Å². The number of aromatic hydroxyl groups is 1. The molecule has 2 aromatic rings. The number of phenolic OH excluding ortho intramolecular Hbond substituents is 1. The molecule has 2 aromatic carbocycles. The zero-order chi connectivity index (χ0) is 21.7. The van der Waals surface area contributed by atoms with Gasteiger partial charge in [-0.2, -0.15) is 0 Å². The average Bonchev–Trinajstić information content (AvgIpc) is 2.59. The summed E-state index contributed by atoms with van der Waals surface area (Å²) in [7, 11) is 5.06. The Labute approximate surface area is 188 Å². The summed E-state index contributed by atoms with van der Waals surface area (Å²) in [5.41, 5.74) is 4.75. The quantitative estimate of drug-likeness (QED) is 0.428. The van der Waals surface area contributed by atoms with Gasteiger partial charge in [0.2, 0.25) is 0 Å². The molecule has 0 saturated heterocycles. The van der Waals surface area contributed by atoms with E-state index in [1.54, 1.807) is 0 Å². The second kappa shape index (κ2) is 10.6. The van der Waals surface area contributed by atoms with Crippen molar-refractivity contribution < 1.29 is 24.5 Å². The molecular weight excluding hydrogens is 421 g/mol. The minimum atomic E-state index is -0.0466. The summed E-state index contributed by atoms with van der Waals surface area (Å²) in [5, 5.41) is 17.7. The van der Waals surface area contributed by atoms with Crippen LogP contribution in [0.5, 0.6) is 5.75 Å². The van der Waals surface area contributed by atoms with Gasteiger partial charge in [-0.3, -0.25) is 0 Å².